The fourth-order valence-electron chi connectivity index (χ4n) is 2.29. The van der Waals surface area contributed by atoms with E-state index in [0.717, 1.165) is 31.9 Å². The molecule has 0 aliphatic carbocycles. The predicted molar refractivity (Wildman–Crippen MR) is 81.0 cm³/mol. The van der Waals surface area contributed by atoms with E-state index in [9.17, 15) is 0 Å². The smallest absolute Gasteiger partial charge is 0.122 e. The third kappa shape index (κ3) is 6.79. The Labute approximate surface area is 118 Å². The molecule has 1 aromatic rings. The molecule has 0 aliphatic rings. The summed E-state index contributed by atoms with van der Waals surface area (Å²) in [5, 5.41) is 3.44. The molecule has 0 aliphatic heterocycles. The van der Waals surface area contributed by atoms with Gasteiger partial charge in [0.2, 0.25) is 0 Å². The van der Waals surface area contributed by atoms with Crippen LogP contribution in [-0.4, -0.2) is 25.0 Å². The van der Waals surface area contributed by atoms with Crippen molar-refractivity contribution in [1.82, 2.24) is 10.2 Å². The lowest BCUT2D eigenvalue weighted by atomic mass is 9.96. The minimum atomic E-state index is 0.328. The normalized spacial score (nSPS) is 12.6. The number of furan rings is 1. The summed E-state index contributed by atoms with van der Waals surface area (Å²) in [7, 11) is 2.17. The van der Waals surface area contributed by atoms with Crippen LogP contribution < -0.4 is 5.32 Å². The van der Waals surface area contributed by atoms with E-state index >= 15 is 0 Å². The Hall–Kier alpha value is -0.800. The van der Waals surface area contributed by atoms with Crippen molar-refractivity contribution in [2.45, 2.75) is 47.7 Å². The van der Waals surface area contributed by atoms with Crippen LogP contribution >= 0.6 is 0 Å². The molecule has 0 aromatic carbocycles. The van der Waals surface area contributed by atoms with Crippen LogP contribution in [0.1, 0.15) is 45.9 Å². The molecule has 1 heterocycles. The summed E-state index contributed by atoms with van der Waals surface area (Å²) in [6, 6.07) is 2.09. The van der Waals surface area contributed by atoms with E-state index in [2.05, 4.69) is 57.9 Å². The highest BCUT2D eigenvalue weighted by Crippen LogP contribution is 2.18. The first kappa shape index (κ1) is 16.3. The number of nitrogens with zero attached hydrogens (tertiary/aromatic N) is 1. The third-order valence-corrected chi connectivity index (χ3v) is 2.86. The molecule has 110 valence electrons. The Morgan fingerprint density at radius 1 is 1.32 bits per heavy atom. The van der Waals surface area contributed by atoms with Crippen LogP contribution in [0.3, 0.4) is 0 Å². The van der Waals surface area contributed by atoms with Crippen LogP contribution in [0.5, 0.6) is 0 Å². The third-order valence-electron chi connectivity index (χ3n) is 2.86. The lowest BCUT2D eigenvalue weighted by Gasteiger charge is -2.26. The second-order valence-corrected chi connectivity index (χ2v) is 7.13. The first-order chi connectivity index (χ1) is 8.78. The van der Waals surface area contributed by atoms with Crippen molar-refractivity contribution in [1.29, 1.82) is 0 Å². The van der Waals surface area contributed by atoms with Crippen LogP contribution in [0.4, 0.5) is 0 Å². The summed E-state index contributed by atoms with van der Waals surface area (Å²) in [5.74, 6) is 1.74. The van der Waals surface area contributed by atoms with Crippen LogP contribution in [0, 0.1) is 11.3 Å². The summed E-state index contributed by atoms with van der Waals surface area (Å²) in [6.45, 7) is 15.1. The van der Waals surface area contributed by atoms with E-state index < -0.39 is 0 Å². The summed E-state index contributed by atoms with van der Waals surface area (Å²) in [4.78, 5) is 2.36. The molecule has 0 saturated carbocycles. The molecule has 0 saturated heterocycles. The fourth-order valence-corrected chi connectivity index (χ4v) is 2.29. The molecule has 3 nitrogen and oxygen atoms in total. The maximum absolute atomic E-state index is 5.59. The van der Waals surface area contributed by atoms with Gasteiger partial charge in [0.15, 0.2) is 0 Å². The van der Waals surface area contributed by atoms with Crippen LogP contribution in [0.15, 0.2) is 16.7 Å². The Morgan fingerprint density at radius 2 is 2.00 bits per heavy atom. The van der Waals surface area contributed by atoms with E-state index in [1.807, 2.05) is 0 Å². The zero-order chi connectivity index (χ0) is 14.5. The van der Waals surface area contributed by atoms with Crippen molar-refractivity contribution in [3.8, 4) is 0 Å². The number of rotatable bonds is 7. The molecule has 19 heavy (non-hydrogen) atoms. The largest absolute Gasteiger partial charge is 0.468 e. The lowest BCUT2D eigenvalue weighted by Crippen LogP contribution is -2.29. The Balaban J connectivity index is 2.48. The summed E-state index contributed by atoms with van der Waals surface area (Å²) >= 11 is 0. The SMILES string of the molecule is CC(C)CNCc1occc1CN(C)CC(C)(C)C. The molecule has 0 atom stereocenters. The van der Waals surface area contributed by atoms with Gasteiger partial charge < -0.3 is 14.6 Å². The number of hydrogen-bond donors (Lipinski definition) is 1. The van der Waals surface area contributed by atoms with E-state index in [-0.39, 0.29) is 0 Å². The molecule has 0 radical (unpaired) electrons. The summed E-state index contributed by atoms with van der Waals surface area (Å²) in [5.41, 5.74) is 1.62. The van der Waals surface area contributed by atoms with Crippen molar-refractivity contribution < 1.29 is 4.42 Å². The number of nitrogens with one attached hydrogen (secondary N) is 1. The molecule has 0 bridgehead atoms. The number of hydrogen-bond acceptors (Lipinski definition) is 3. The Kier molecular flexibility index (Phi) is 6.08. The van der Waals surface area contributed by atoms with Gasteiger partial charge in [-0.1, -0.05) is 34.6 Å². The van der Waals surface area contributed by atoms with Crippen molar-refractivity contribution in [3.63, 3.8) is 0 Å². The average molecular weight is 266 g/mol. The van der Waals surface area contributed by atoms with Gasteiger partial charge in [0, 0.05) is 18.7 Å². The Bertz CT molecular complexity index is 363. The monoisotopic (exact) mass is 266 g/mol. The van der Waals surface area contributed by atoms with Gasteiger partial charge in [-0.15, -0.1) is 0 Å². The first-order valence-corrected chi connectivity index (χ1v) is 7.22. The van der Waals surface area contributed by atoms with Crippen molar-refractivity contribution in [2.24, 2.45) is 11.3 Å². The second-order valence-electron chi connectivity index (χ2n) is 7.13. The van der Waals surface area contributed by atoms with Crippen LogP contribution in [0.2, 0.25) is 0 Å². The lowest BCUT2D eigenvalue weighted by molar-refractivity contribution is 0.219. The van der Waals surface area contributed by atoms with Gasteiger partial charge in [-0.3, -0.25) is 0 Å². The second kappa shape index (κ2) is 7.11. The molecular weight excluding hydrogens is 236 g/mol. The zero-order valence-electron chi connectivity index (χ0n) is 13.4. The highest BCUT2D eigenvalue weighted by Gasteiger charge is 2.15. The summed E-state index contributed by atoms with van der Waals surface area (Å²) < 4.78 is 5.59. The molecular formula is C16H30N2O. The molecule has 1 N–H and O–H groups in total. The van der Waals surface area contributed by atoms with Crippen LogP contribution in [-0.2, 0) is 13.1 Å². The van der Waals surface area contributed by atoms with Gasteiger partial charge in [-0.25, -0.2) is 0 Å². The fraction of sp³-hybridized carbons (Fsp3) is 0.750. The standard InChI is InChI=1S/C16H30N2O/c1-13(2)9-17-10-15-14(7-8-19-15)11-18(6)12-16(3,4)5/h7-8,13,17H,9-12H2,1-6H3. The van der Waals surface area contributed by atoms with E-state index in [4.69, 9.17) is 4.42 Å². The van der Waals surface area contributed by atoms with Gasteiger partial charge in [0.25, 0.3) is 0 Å². The van der Waals surface area contributed by atoms with Gasteiger partial charge in [0.1, 0.15) is 5.76 Å². The van der Waals surface area contributed by atoms with Gasteiger partial charge >= 0.3 is 0 Å². The average Bonchev–Trinajstić information content (AvgIpc) is 2.62. The molecule has 0 spiro atoms. The molecule has 1 aromatic heterocycles. The van der Waals surface area contributed by atoms with Gasteiger partial charge in [-0.05, 0) is 31.0 Å². The molecule has 0 fully saturated rings. The van der Waals surface area contributed by atoms with Gasteiger partial charge in [-0.2, -0.15) is 0 Å². The highest BCUT2D eigenvalue weighted by atomic mass is 16.3. The quantitative estimate of drug-likeness (QED) is 0.818. The van der Waals surface area contributed by atoms with Crippen molar-refractivity contribution in [2.75, 3.05) is 20.1 Å². The molecule has 0 amide bonds. The zero-order valence-corrected chi connectivity index (χ0v) is 13.4. The maximum atomic E-state index is 5.59. The summed E-state index contributed by atoms with van der Waals surface area (Å²) in [6.07, 6.45) is 1.80. The topological polar surface area (TPSA) is 28.4 Å². The molecule has 0 unspecified atom stereocenters. The molecule has 1 rings (SSSR count). The van der Waals surface area contributed by atoms with E-state index in [1.165, 1.54) is 5.56 Å². The minimum absolute atomic E-state index is 0.328. The molecule has 3 heteroatoms. The first-order valence-electron chi connectivity index (χ1n) is 7.22. The van der Waals surface area contributed by atoms with Crippen LogP contribution in [0.25, 0.3) is 0 Å². The van der Waals surface area contributed by atoms with Crippen molar-refractivity contribution in [3.05, 3.63) is 23.7 Å². The predicted octanol–water partition coefficient (Wildman–Crippen LogP) is 3.50. The maximum Gasteiger partial charge on any atom is 0.122 e. The minimum Gasteiger partial charge on any atom is -0.468 e. The van der Waals surface area contributed by atoms with Gasteiger partial charge in [0.05, 0.1) is 12.8 Å². The van der Waals surface area contributed by atoms with E-state index in [0.29, 0.717) is 11.3 Å². The van der Waals surface area contributed by atoms with E-state index in [1.54, 1.807) is 6.26 Å². The van der Waals surface area contributed by atoms with Crippen molar-refractivity contribution >= 4 is 0 Å². The highest BCUT2D eigenvalue weighted by molar-refractivity contribution is 5.16. The Morgan fingerprint density at radius 3 is 2.58 bits per heavy atom.